The topological polar surface area (TPSA) is 149 Å². The van der Waals surface area contributed by atoms with Gasteiger partial charge in [0, 0.05) is 23.0 Å². The van der Waals surface area contributed by atoms with Crippen molar-refractivity contribution in [3.05, 3.63) is 58.7 Å². The van der Waals surface area contributed by atoms with Gasteiger partial charge in [-0.2, -0.15) is 0 Å². The van der Waals surface area contributed by atoms with E-state index in [1.54, 1.807) is 36.4 Å². The zero-order valence-electron chi connectivity index (χ0n) is 18.7. The van der Waals surface area contributed by atoms with E-state index in [0.29, 0.717) is 16.9 Å². The fourth-order valence-corrected chi connectivity index (χ4v) is 3.24. The second kappa shape index (κ2) is 10.4. The first kappa shape index (κ1) is 24.4. The Bertz CT molecular complexity index is 1030. The number of urea groups is 1. The van der Waals surface area contributed by atoms with Crippen molar-refractivity contribution in [2.24, 2.45) is 5.73 Å². The van der Waals surface area contributed by atoms with Crippen molar-refractivity contribution in [1.82, 2.24) is 5.32 Å². The Morgan fingerprint density at radius 1 is 1.09 bits per heavy atom. The molecular formula is C23H29N5O4. The van der Waals surface area contributed by atoms with Crippen LogP contribution in [0.3, 0.4) is 0 Å². The molecule has 2 rings (SSSR count). The van der Waals surface area contributed by atoms with Crippen LogP contribution in [-0.2, 0) is 16.0 Å². The van der Waals surface area contributed by atoms with Gasteiger partial charge in [0.2, 0.25) is 5.91 Å². The van der Waals surface area contributed by atoms with E-state index in [1.807, 2.05) is 27.7 Å². The molecule has 32 heavy (non-hydrogen) atoms. The van der Waals surface area contributed by atoms with E-state index in [0.717, 1.165) is 16.7 Å². The molecule has 3 amide bonds. The molecule has 6 N–H and O–H groups in total. The Labute approximate surface area is 187 Å². The maximum atomic E-state index is 12.5. The summed E-state index contributed by atoms with van der Waals surface area (Å²) in [5, 5.41) is 21.5. The van der Waals surface area contributed by atoms with Gasteiger partial charge >= 0.3 is 12.0 Å². The first-order valence-corrected chi connectivity index (χ1v) is 10.1. The van der Waals surface area contributed by atoms with Gasteiger partial charge in [0.1, 0.15) is 12.4 Å². The Balaban J connectivity index is 2.18. The number of nitrogen functional groups attached to an aromatic ring is 1. The summed E-state index contributed by atoms with van der Waals surface area (Å²) < 4.78 is 0. The SMILES string of the molecule is Cc1cc(N(C(=O)NCC(=O)O)C(C)C)c(C)cc1NC(=O)Cc1ccc(C(=N)N)cc1. The summed E-state index contributed by atoms with van der Waals surface area (Å²) in [7, 11) is 0. The molecule has 2 aromatic carbocycles. The summed E-state index contributed by atoms with van der Waals surface area (Å²) in [5.74, 6) is -1.35. The maximum absolute atomic E-state index is 12.5. The van der Waals surface area contributed by atoms with Gasteiger partial charge in [-0.25, -0.2) is 4.79 Å². The number of carbonyl (C=O) groups excluding carboxylic acids is 2. The molecule has 0 aliphatic carbocycles. The van der Waals surface area contributed by atoms with Crippen LogP contribution in [0.1, 0.15) is 36.1 Å². The number of hydrogen-bond acceptors (Lipinski definition) is 4. The number of aryl methyl sites for hydroxylation is 2. The van der Waals surface area contributed by atoms with Crippen LogP contribution in [0.4, 0.5) is 16.2 Å². The standard InChI is InChI=1S/C23H29N5O4/c1-13(2)28(23(32)26-12-21(30)31)19-10-14(3)18(9-15(19)4)27-20(29)11-16-5-7-17(8-6-16)22(24)25/h5-10,13H,11-12H2,1-4H3,(H3,24,25)(H,26,32)(H,27,29)(H,30,31). The number of hydrogen-bond donors (Lipinski definition) is 5. The summed E-state index contributed by atoms with van der Waals surface area (Å²) in [5.41, 5.74) is 9.63. The normalized spacial score (nSPS) is 10.5. The number of anilines is 2. The van der Waals surface area contributed by atoms with E-state index in [-0.39, 0.29) is 24.2 Å². The van der Waals surface area contributed by atoms with E-state index in [1.165, 1.54) is 4.90 Å². The van der Waals surface area contributed by atoms with Gasteiger partial charge in [0.05, 0.1) is 6.42 Å². The van der Waals surface area contributed by atoms with Gasteiger partial charge in [-0.3, -0.25) is 19.9 Å². The van der Waals surface area contributed by atoms with Crippen molar-refractivity contribution in [2.45, 2.75) is 40.2 Å². The number of nitrogens with zero attached hydrogens (tertiary/aromatic N) is 1. The van der Waals surface area contributed by atoms with Crippen molar-refractivity contribution in [3.8, 4) is 0 Å². The van der Waals surface area contributed by atoms with E-state index >= 15 is 0 Å². The molecule has 0 aliphatic rings. The number of carboxylic acids is 1. The van der Waals surface area contributed by atoms with Gasteiger partial charge in [-0.15, -0.1) is 0 Å². The number of rotatable bonds is 8. The monoisotopic (exact) mass is 439 g/mol. The molecule has 0 saturated heterocycles. The van der Waals surface area contributed by atoms with Crippen LogP contribution in [0.15, 0.2) is 36.4 Å². The number of carboxylic acid groups (broad SMARTS) is 1. The van der Waals surface area contributed by atoms with Crippen LogP contribution in [0, 0.1) is 19.3 Å². The smallest absolute Gasteiger partial charge is 0.323 e. The molecule has 0 aromatic heterocycles. The van der Waals surface area contributed by atoms with Crippen molar-refractivity contribution < 1.29 is 19.5 Å². The highest BCUT2D eigenvalue weighted by atomic mass is 16.4. The molecule has 0 unspecified atom stereocenters. The lowest BCUT2D eigenvalue weighted by atomic mass is 10.1. The molecule has 9 heteroatoms. The van der Waals surface area contributed by atoms with E-state index in [4.69, 9.17) is 16.2 Å². The third-order valence-electron chi connectivity index (χ3n) is 4.83. The lowest BCUT2D eigenvalue weighted by Crippen LogP contribution is -2.46. The van der Waals surface area contributed by atoms with Gasteiger partial charge < -0.3 is 21.5 Å². The maximum Gasteiger partial charge on any atom is 0.323 e. The molecule has 9 nitrogen and oxygen atoms in total. The quantitative estimate of drug-likeness (QED) is 0.317. The minimum Gasteiger partial charge on any atom is -0.480 e. The molecule has 0 fully saturated rings. The average Bonchev–Trinajstić information content (AvgIpc) is 2.70. The third kappa shape index (κ3) is 6.31. The number of amidine groups is 1. The predicted octanol–water partition coefficient (Wildman–Crippen LogP) is 2.78. The number of carbonyl (C=O) groups is 3. The van der Waals surface area contributed by atoms with Crippen molar-refractivity contribution >= 4 is 35.1 Å². The zero-order chi connectivity index (χ0) is 24.0. The number of amides is 3. The van der Waals surface area contributed by atoms with Gasteiger partial charge in [-0.1, -0.05) is 24.3 Å². The molecular weight excluding hydrogens is 410 g/mol. The second-order valence-electron chi connectivity index (χ2n) is 7.81. The fourth-order valence-electron chi connectivity index (χ4n) is 3.24. The molecule has 0 bridgehead atoms. The first-order valence-electron chi connectivity index (χ1n) is 10.1. The van der Waals surface area contributed by atoms with Gasteiger partial charge in [-0.05, 0) is 56.5 Å². The third-order valence-corrected chi connectivity index (χ3v) is 4.83. The average molecular weight is 440 g/mol. The Kier molecular flexibility index (Phi) is 7.95. The minimum absolute atomic E-state index is 0.0284. The molecule has 0 radical (unpaired) electrons. The van der Waals surface area contributed by atoms with E-state index < -0.39 is 18.5 Å². The molecule has 2 aromatic rings. The largest absolute Gasteiger partial charge is 0.480 e. The molecule has 0 spiro atoms. The van der Waals surface area contributed by atoms with Crippen molar-refractivity contribution in [2.75, 3.05) is 16.8 Å². The number of benzene rings is 2. The van der Waals surface area contributed by atoms with Crippen molar-refractivity contribution in [1.29, 1.82) is 5.41 Å². The first-order chi connectivity index (χ1) is 15.0. The van der Waals surface area contributed by atoms with E-state index in [9.17, 15) is 14.4 Å². The molecule has 0 atom stereocenters. The predicted molar refractivity (Wildman–Crippen MR) is 124 cm³/mol. The Morgan fingerprint density at radius 3 is 2.25 bits per heavy atom. The highest BCUT2D eigenvalue weighted by Crippen LogP contribution is 2.29. The lowest BCUT2D eigenvalue weighted by Gasteiger charge is -2.29. The Hall–Kier alpha value is -3.88. The van der Waals surface area contributed by atoms with Crippen LogP contribution >= 0.6 is 0 Å². The Morgan fingerprint density at radius 2 is 1.72 bits per heavy atom. The van der Waals surface area contributed by atoms with E-state index in [2.05, 4.69) is 10.6 Å². The second-order valence-corrected chi connectivity index (χ2v) is 7.81. The number of nitrogens with one attached hydrogen (secondary N) is 3. The summed E-state index contributed by atoms with van der Waals surface area (Å²) in [6.45, 7) is 6.85. The van der Waals surface area contributed by atoms with Crippen LogP contribution in [0.2, 0.25) is 0 Å². The number of nitrogens with two attached hydrogens (primary N) is 1. The summed E-state index contributed by atoms with van der Waals surface area (Å²) in [4.78, 5) is 37.4. The molecule has 0 heterocycles. The zero-order valence-corrected chi connectivity index (χ0v) is 18.7. The fraction of sp³-hybridized carbons (Fsp3) is 0.304. The van der Waals surface area contributed by atoms with Gasteiger partial charge in [0.15, 0.2) is 0 Å². The summed E-state index contributed by atoms with van der Waals surface area (Å²) >= 11 is 0. The molecule has 0 aliphatic heterocycles. The summed E-state index contributed by atoms with van der Waals surface area (Å²) in [6.07, 6.45) is 0.161. The molecule has 0 saturated carbocycles. The summed E-state index contributed by atoms with van der Waals surface area (Å²) in [6, 6.07) is 9.79. The highest BCUT2D eigenvalue weighted by molar-refractivity contribution is 5.97. The van der Waals surface area contributed by atoms with Crippen LogP contribution in [-0.4, -0.2) is 41.4 Å². The highest BCUT2D eigenvalue weighted by Gasteiger charge is 2.22. The number of aliphatic carboxylic acids is 1. The van der Waals surface area contributed by atoms with Gasteiger partial charge in [0.25, 0.3) is 0 Å². The van der Waals surface area contributed by atoms with Crippen LogP contribution in [0.25, 0.3) is 0 Å². The van der Waals surface area contributed by atoms with Crippen LogP contribution < -0.4 is 21.3 Å². The molecule has 170 valence electrons. The minimum atomic E-state index is -1.12. The van der Waals surface area contributed by atoms with Crippen molar-refractivity contribution in [3.63, 3.8) is 0 Å². The lowest BCUT2D eigenvalue weighted by molar-refractivity contribution is -0.135. The van der Waals surface area contributed by atoms with Crippen LogP contribution in [0.5, 0.6) is 0 Å².